The first-order valence-corrected chi connectivity index (χ1v) is 10.7. The summed E-state index contributed by atoms with van der Waals surface area (Å²) in [6.07, 6.45) is -1.79. The summed E-state index contributed by atoms with van der Waals surface area (Å²) in [7, 11) is 1.59. The zero-order valence-electron chi connectivity index (χ0n) is 19.6. The largest absolute Gasteiger partial charge is 0.513 e. The van der Waals surface area contributed by atoms with E-state index in [1.54, 1.807) is 81.6 Å². The van der Waals surface area contributed by atoms with Crippen molar-refractivity contribution in [2.24, 2.45) is 5.41 Å². The Labute approximate surface area is 198 Å². The number of esters is 1. The molecule has 0 spiro atoms. The molecule has 0 amide bonds. The van der Waals surface area contributed by atoms with Gasteiger partial charge in [-0.1, -0.05) is 42.0 Å². The zero-order valence-corrected chi connectivity index (χ0v) is 19.6. The molecule has 34 heavy (non-hydrogen) atoms. The fourth-order valence-electron chi connectivity index (χ4n) is 3.71. The van der Waals surface area contributed by atoms with E-state index < -0.39 is 23.1 Å². The van der Waals surface area contributed by atoms with E-state index in [9.17, 15) is 14.7 Å². The maximum Gasteiger partial charge on any atom is 0.513 e. The molecule has 178 valence electrons. The van der Waals surface area contributed by atoms with Gasteiger partial charge in [0.05, 0.1) is 12.5 Å². The predicted molar refractivity (Wildman–Crippen MR) is 126 cm³/mol. The molecule has 7 nitrogen and oxygen atoms in total. The average Bonchev–Trinajstić information content (AvgIpc) is 2.79. The first kappa shape index (κ1) is 24.8. The maximum absolute atomic E-state index is 12.4. The number of methoxy groups -OCH3 is 1. The van der Waals surface area contributed by atoms with E-state index in [1.165, 1.54) is 0 Å². The Hall–Kier alpha value is -3.84. The molecule has 0 aromatic heterocycles. The molecular formula is C27H28O7. The molecule has 2 N–H and O–H groups in total. The van der Waals surface area contributed by atoms with Gasteiger partial charge in [-0.25, -0.2) is 4.79 Å². The summed E-state index contributed by atoms with van der Waals surface area (Å²) in [4.78, 5) is 23.3. The molecule has 0 heterocycles. The molecule has 7 heteroatoms. The number of hydrogen-bond acceptors (Lipinski definition) is 6. The van der Waals surface area contributed by atoms with Gasteiger partial charge >= 0.3 is 12.1 Å². The van der Waals surface area contributed by atoms with Gasteiger partial charge in [-0.3, -0.25) is 4.79 Å². The predicted octanol–water partition coefficient (Wildman–Crippen LogP) is 5.67. The van der Waals surface area contributed by atoms with E-state index in [2.05, 4.69) is 4.74 Å². The third-order valence-electron chi connectivity index (χ3n) is 5.59. The summed E-state index contributed by atoms with van der Waals surface area (Å²) in [5, 5.41) is 20.8. The van der Waals surface area contributed by atoms with Crippen molar-refractivity contribution in [1.82, 2.24) is 0 Å². The first-order valence-electron chi connectivity index (χ1n) is 10.7. The highest BCUT2D eigenvalue weighted by Gasteiger charge is 2.43. The highest BCUT2D eigenvalue weighted by atomic mass is 16.7. The van der Waals surface area contributed by atoms with Crippen LogP contribution in [0.1, 0.15) is 37.0 Å². The standard InChI is InChI=1S/C27H28O7/c1-18-5-7-19(8-6-18)27(31,17-26(2,3)24(28)34-25(29)30)20-9-11-22(12-10-20)33-23-15-13-21(32-4)14-16-23/h5-16,31H,17H2,1-4H3,(H,29,30). The van der Waals surface area contributed by atoms with Crippen molar-refractivity contribution < 1.29 is 34.0 Å². The summed E-state index contributed by atoms with van der Waals surface area (Å²) in [6, 6.07) is 21.3. The topological polar surface area (TPSA) is 102 Å². The minimum atomic E-state index is -1.68. The van der Waals surface area contributed by atoms with Gasteiger partial charge in [0.1, 0.15) is 22.8 Å². The summed E-state index contributed by atoms with van der Waals surface area (Å²) >= 11 is 0. The summed E-state index contributed by atoms with van der Waals surface area (Å²) in [5.74, 6) is 0.963. The van der Waals surface area contributed by atoms with Crippen LogP contribution in [0.5, 0.6) is 17.2 Å². The van der Waals surface area contributed by atoms with E-state index in [4.69, 9.17) is 14.6 Å². The zero-order chi connectivity index (χ0) is 24.9. The lowest BCUT2D eigenvalue weighted by Gasteiger charge is -2.35. The number of carboxylic acid groups (broad SMARTS) is 1. The van der Waals surface area contributed by atoms with Crippen LogP contribution in [-0.2, 0) is 15.1 Å². The lowest BCUT2D eigenvalue weighted by atomic mass is 9.73. The highest BCUT2D eigenvalue weighted by Crippen LogP contribution is 2.41. The second-order valence-electron chi connectivity index (χ2n) is 8.74. The van der Waals surface area contributed by atoms with E-state index in [-0.39, 0.29) is 6.42 Å². The smallest absolute Gasteiger partial charge is 0.497 e. The molecule has 0 radical (unpaired) electrons. The summed E-state index contributed by atoms with van der Waals surface area (Å²) in [6.45, 7) is 5.01. The van der Waals surface area contributed by atoms with Crippen molar-refractivity contribution in [3.8, 4) is 17.2 Å². The normalized spacial score (nSPS) is 13.0. The Morgan fingerprint density at radius 1 is 0.794 bits per heavy atom. The van der Waals surface area contributed by atoms with E-state index in [0.29, 0.717) is 22.6 Å². The minimum absolute atomic E-state index is 0.103. The van der Waals surface area contributed by atoms with Gasteiger partial charge in [0.15, 0.2) is 0 Å². The number of hydrogen-bond donors (Lipinski definition) is 2. The van der Waals surface area contributed by atoms with Gasteiger partial charge in [0.2, 0.25) is 0 Å². The number of rotatable bonds is 8. The van der Waals surface area contributed by atoms with E-state index in [1.807, 2.05) is 19.1 Å². The maximum atomic E-state index is 12.4. The van der Waals surface area contributed by atoms with Crippen molar-refractivity contribution in [2.45, 2.75) is 32.8 Å². The molecule has 3 aromatic carbocycles. The number of aryl methyl sites for hydroxylation is 1. The monoisotopic (exact) mass is 464 g/mol. The third-order valence-corrected chi connectivity index (χ3v) is 5.59. The Kier molecular flexibility index (Phi) is 7.27. The van der Waals surface area contributed by atoms with Gasteiger partial charge in [0, 0.05) is 6.42 Å². The molecule has 0 aliphatic rings. The fraction of sp³-hybridized carbons (Fsp3) is 0.259. The Morgan fingerprint density at radius 2 is 1.24 bits per heavy atom. The average molecular weight is 465 g/mol. The molecule has 0 aliphatic carbocycles. The van der Waals surface area contributed by atoms with E-state index >= 15 is 0 Å². The fourth-order valence-corrected chi connectivity index (χ4v) is 3.71. The van der Waals surface area contributed by atoms with Crippen LogP contribution in [0.15, 0.2) is 72.8 Å². The molecular weight excluding hydrogens is 436 g/mol. The van der Waals surface area contributed by atoms with Crippen LogP contribution in [0.2, 0.25) is 0 Å². The number of carbonyl (C=O) groups excluding carboxylic acids is 1. The van der Waals surface area contributed by atoms with Crippen LogP contribution in [0.25, 0.3) is 0 Å². The van der Waals surface area contributed by atoms with Crippen LogP contribution in [0, 0.1) is 12.3 Å². The summed E-state index contributed by atoms with van der Waals surface area (Å²) < 4.78 is 15.4. The molecule has 0 aliphatic heterocycles. The Bertz CT molecular complexity index is 1130. The van der Waals surface area contributed by atoms with Crippen LogP contribution < -0.4 is 9.47 Å². The van der Waals surface area contributed by atoms with Crippen molar-refractivity contribution in [1.29, 1.82) is 0 Å². The van der Waals surface area contributed by atoms with E-state index in [0.717, 1.165) is 11.3 Å². The van der Waals surface area contributed by atoms with Crippen molar-refractivity contribution in [3.05, 3.63) is 89.5 Å². The molecule has 0 saturated carbocycles. The first-order chi connectivity index (χ1) is 16.0. The van der Waals surface area contributed by atoms with Crippen molar-refractivity contribution in [2.75, 3.05) is 7.11 Å². The van der Waals surface area contributed by atoms with Gasteiger partial charge in [0.25, 0.3) is 0 Å². The van der Waals surface area contributed by atoms with Gasteiger partial charge in [-0.15, -0.1) is 0 Å². The Morgan fingerprint density at radius 3 is 1.71 bits per heavy atom. The van der Waals surface area contributed by atoms with Crippen LogP contribution in [0.3, 0.4) is 0 Å². The molecule has 0 bridgehead atoms. The number of aliphatic hydroxyl groups is 1. The minimum Gasteiger partial charge on any atom is -0.497 e. The van der Waals surface area contributed by atoms with Crippen LogP contribution in [-0.4, -0.2) is 29.4 Å². The molecule has 3 aromatic rings. The summed E-state index contributed by atoms with van der Waals surface area (Å²) in [5.41, 5.74) is -0.782. The quantitative estimate of drug-likeness (QED) is 0.327. The molecule has 1 unspecified atom stereocenters. The number of ether oxygens (including phenoxy) is 3. The van der Waals surface area contributed by atoms with Gasteiger partial charge in [-0.05, 0) is 68.3 Å². The molecule has 3 rings (SSSR count). The van der Waals surface area contributed by atoms with Crippen molar-refractivity contribution in [3.63, 3.8) is 0 Å². The SMILES string of the molecule is COc1ccc(Oc2ccc(C(O)(CC(C)(C)C(=O)OC(=O)O)c3ccc(C)cc3)cc2)cc1. The van der Waals surface area contributed by atoms with Gasteiger partial charge < -0.3 is 24.4 Å². The van der Waals surface area contributed by atoms with Crippen LogP contribution >= 0.6 is 0 Å². The molecule has 1 atom stereocenters. The second kappa shape index (κ2) is 9.97. The third kappa shape index (κ3) is 5.74. The molecule has 0 saturated heterocycles. The van der Waals surface area contributed by atoms with Gasteiger partial charge in [-0.2, -0.15) is 0 Å². The lowest BCUT2D eigenvalue weighted by Crippen LogP contribution is -2.39. The number of carbonyl (C=O) groups is 2. The number of benzene rings is 3. The van der Waals surface area contributed by atoms with Crippen molar-refractivity contribution >= 4 is 12.1 Å². The highest BCUT2D eigenvalue weighted by molar-refractivity contribution is 5.85. The second-order valence-corrected chi connectivity index (χ2v) is 8.74. The molecule has 0 fully saturated rings. The van der Waals surface area contributed by atoms with Crippen LogP contribution in [0.4, 0.5) is 4.79 Å². The Balaban J connectivity index is 1.93. The lowest BCUT2D eigenvalue weighted by molar-refractivity contribution is -0.152.